The number of ether oxygens (including phenoxy) is 1. The highest BCUT2D eigenvalue weighted by Gasteiger charge is 2.26. The van der Waals surface area contributed by atoms with Crippen molar-refractivity contribution in [2.45, 2.75) is 26.4 Å². The van der Waals surface area contributed by atoms with Crippen LogP contribution in [0.3, 0.4) is 0 Å². The predicted molar refractivity (Wildman–Crippen MR) is 65.3 cm³/mol. The predicted octanol–water partition coefficient (Wildman–Crippen LogP) is 1.94. The van der Waals surface area contributed by atoms with Gasteiger partial charge in [-0.3, -0.25) is 4.79 Å². The molecule has 0 aliphatic carbocycles. The molecule has 0 saturated heterocycles. The van der Waals surface area contributed by atoms with Gasteiger partial charge in [0.1, 0.15) is 5.60 Å². The molecule has 0 bridgehead atoms. The Balaban J connectivity index is 2.82. The Morgan fingerprint density at radius 2 is 2.06 bits per heavy atom. The van der Waals surface area contributed by atoms with Crippen LogP contribution in [0.5, 0.6) is 0 Å². The minimum Gasteiger partial charge on any atom is -0.398 e. The van der Waals surface area contributed by atoms with Gasteiger partial charge in [0, 0.05) is 18.5 Å². The van der Waals surface area contributed by atoms with Crippen LogP contribution in [0, 0.1) is 6.92 Å². The van der Waals surface area contributed by atoms with Gasteiger partial charge >= 0.3 is 0 Å². The number of amides is 1. The minimum absolute atomic E-state index is 0.196. The van der Waals surface area contributed by atoms with E-state index in [1.54, 1.807) is 19.9 Å². The van der Waals surface area contributed by atoms with Gasteiger partial charge in [0.05, 0.1) is 0 Å². The molecular formula is C12H18N2O2. The maximum absolute atomic E-state index is 11.8. The number of benzene rings is 1. The number of rotatable bonds is 3. The molecule has 0 aliphatic heterocycles. The summed E-state index contributed by atoms with van der Waals surface area (Å²) in [6, 6.07) is 5.42. The van der Waals surface area contributed by atoms with E-state index < -0.39 is 5.60 Å². The highest BCUT2D eigenvalue weighted by atomic mass is 16.5. The number of carbonyl (C=O) groups excluding carboxylic acids is 1. The Labute approximate surface area is 95.8 Å². The number of nitrogen functional groups attached to an aromatic ring is 1. The summed E-state index contributed by atoms with van der Waals surface area (Å²) in [4.78, 5) is 11.8. The van der Waals surface area contributed by atoms with Gasteiger partial charge in [-0.2, -0.15) is 0 Å². The summed E-state index contributed by atoms with van der Waals surface area (Å²) in [5.74, 6) is -0.196. The van der Waals surface area contributed by atoms with Crippen molar-refractivity contribution < 1.29 is 9.53 Å². The summed E-state index contributed by atoms with van der Waals surface area (Å²) in [6.45, 7) is 5.33. The molecule has 16 heavy (non-hydrogen) atoms. The molecular weight excluding hydrogens is 204 g/mol. The van der Waals surface area contributed by atoms with Crippen molar-refractivity contribution in [3.05, 3.63) is 23.8 Å². The summed E-state index contributed by atoms with van der Waals surface area (Å²) in [7, 11) is 1.50. The molecule has 0 radical (unpaired) electrons. The van der Waals surface area contributed by atoms with Crippen molar-refractivity contribution in [3.8, 4) is 0 Å². The summed E-state index contributed by atoms with van der Waals surface area (Å²) < 4.78 is 5.08. The van der Waals surface area contributed by atoms with E-state index in [9.17, 15) is 4.79 Å². The number of nitrogens with one attached hydrogen (secondary N) is 1. The monoisotopic (exact) mass is 222 g/mol. The Bertz CT molecular complexity index is 400. The summed E-state index contributed by atoms with van der Waals surface area (Å²) in [6.07, 6.45) is 0. The first kappa shape index (κ1) is 12.5. The third-order valence-electron chi connectivity index (χ3n) is 2.59. The fraction of sp³-hybridized carbons (Fsp3) is 0.417. The van der Waals surface area contributed by atoms with E-state index in [1.807, 2.05) is 19.1 Å². The molecule has 3 N–H and O–H groups in total. The smallest absolute Gasteiger partial charge is 0.256 e. The molecule has 0 aromatic heterocycles. The van der Waals surface area contributed by atoms with E-state index in [0.717, 1.165) is 5.56 Å². The SMILES string of the molecule is COC(C)(C)C(=O)Nc1ccc(C)c(N)c1. The molecule has 4 nitrogen and oxygen atoms in total. The van der Waals surface area contributed by atoms with Crippen molar-refractivity contribution in [1.29, 1.82) is 0 Å². The molecule has 0 fully saturated rings. The number of carbonyl (C=O) groups is 1. The van der Waals surface area contributed by atoms with Gasteiger partial charge in [-0.05, 0) is 38.5 Å². The number of methoxy groups -OCH3 is 1. The number of anilines is 2. The van der Waals surface area contributed by atoms with Gasteiger partial charge in [0.25, 0.3) is 5.91 Å². The van der Waals surface area contributed by atoms with Crippen LogP contribution in [0.4, 0.5) is 11.4 Å². The van der Waals surface area contributed by atoms with Gasteiger partial charge in [-0.1, -0.05) is 6.07 Å². The number of hydrogen-bond acceptors (Lipinski definition) is 3. The zero-order valence-electron chi connectivity index (χ0n) is 10.1. The van der Waals surface area contributed by atoms with E-state index in [0.29, 0.717) is 11.4 Å². The van der Waals surface area contributed by atoms with Gasteiger partial charge in [0.15, 0.2) is 0 Å². The lowest BCUT2D eigenvalue weighted by Crippen LogP contribution is -2.38. The van der Waals surface area contributed by atoms with Gasteiger partial charge in [-0.25, -0.2) is 0 Å². The largest absolute Gasteiger partial charge is 0.398 e. The van der Waals surface area contributed by atoms with Crippen LogP contribution in [0.2, 0.25) is 0 Å². The molecule has 0 unspecified atom stereocenters. The molecule has 0 heterocycles. The average Bonchev–Trinajstić information content (AvgIpc) is 2.23. The summed E-state index contributed by atoms with van der Waals surface area (Å²) in [5, 5.41) is 2.76. The summed E-state index contributed by atoms with van der Waals surface area (Å²) in [5.41, 5.74) is 7.24. The standard InChI is InChI=1S/C12H18N2O2/c1-8-5-6-9(7-10(8)13)14-11(15)12(2,3)16-4/h5-7H,13H2,1-4H3,(H,14,15). The first-order chi connectivity index (χ1) is 7.36. The molecule has 1 amide bonds. The fourth-order valence-corrected chi connectivity index (χ4v) is 1.09. The lowest BCUT2D eigenvalue weighted by Gasteiger charge is -2.21. The maximum atomic E-state index is 11.8. The highest BCUT2D eigenvalue weighted by Crippen LogP contribution is 2.18. The highest BCUT2D eigenvalue weighted by molar-refractivity contribution is 5.97. The fourth-order valence-electron chi connectivity index (χ4n) is 1.09. The maximum Gasteiger partial charge on any atom is 0.256 e. The molecule has 88 valence electrons. The number of aryl methyl sites for hydroxylation is 1. The van der Waals surface area contributed by atoms with Crippen LogP contribution in [0.15, 0.2) is 18.2 Å². The molecule has 1 aromatic rings. The summed E-state index contributed by atoms with van der Waals surface area (Å²) >= 11 is 0. The Morgan fingerprint density at radius 3 is 2.56 bits per heavy atom. The van der Waals surface area contributed by atoms with Crippen molar-refractivity contribution in [2.75, 3.05) is 18.2 Å². The molecule has 1 rings (SSSR count). The van der Waals surface area contributed by atoms with Crippen LogP contribution in [0.1, 0.15) is 19.4 Å². The Kier molecular flexibility index (Phi) is 3.55. The third-order valence-corrected chi connectivity index (χ3v) is 2.59. The average molecular weight is 222 g/mol. The molecule has 4 heteroatoms. The second-order valence-electron chi connectivity index (χ2n) is 4.24. The van der Waals surface area contributed by atoms with Crippen molar-refractivity contribution in [2.24, 2.45) is 0 Å². The first-order valence-corrected chi connectivity index (χ1v) is 5.09. The Hall–Kier alpha value is -1.55. The lowest BCUT2D eigenvalue weighted by atomic mass is 10.1. The van der Waals surface area contributed by atoms with Crippen LogP contribution in [0.25, 0.3) is 0 Å². The van der Waals surface area contributed by atoms with Crippen LogP contribution in [-0.4, -0.2) is 18.6 Å². The third kappa shape index (κ3) is 2.73. The zero-order valence-corrected chi connectivity index (χ0v) is 10.1. The first-order valence-electron chi connectivity index (χ1n) is 5.09. The molecule has 0 atom stereocenters. The van der Waals surface area contributed by atoms with Crippen molar-refractivity contribution in [3.63, 3.8) is 0 Å². The van der Waals surface area contributed by atoms with E-state index in [-0.39, 0.29) is 5.91 Å². The van der Waals surface area contributed by atoms with Gasteiger partial charge < -0.3 is 15.8 Å². The second kappa shape index (κ2) is 4.53. The van der Waals surface area contributed by atoms with E-state index >= 15 is 0 Å². The minimum atomic E-state index is -0.848. The molecule has 0 saturated carbocycles. The normalized spacial score (nSPS) is 11.2. The number of nitrogens with two attached hydrogens (primary N) is 1. The molecule has 0 aliphatic rings. The quantitative estimate of drug-likeness (QED) is 0.768. The second-order valence-corrected chi connectivity index (χ2v) is 4.24. The van der Waals surface area contributed by atoms with E-state index in [1.165, 1.54) is 7.11 Å². The van der Waals surface area contributed by atoms with Gasteiger partial charge in [-0.15, -0.1) is 0 Å². The van der Waals surface area contributed by atoms with Crippen molar-refractivity contribution >= 4 is 17.3 Å². The van der Waals surface area contributed by atoms with Gasteiger partial charge in [0.2, 0.25) is 0 Å². The van der Waals surface area contributed by atoms with E-state index in [2.05, 4.69) is 5.32 Å². The molecule has 1 aromatic carbocycles. The van der Waals surface area contributed by atoms with Crippen LogP contribution < -0.4 is 11.1 Å². The van der Waals surface area contributed by atoms with E-state index in [4.69, 9.17) is 10.5 Å². The van der Waals surface area contributed by atoms with Crippen molar-refractivity contribution in [1.82, 2.24) is 0 Å². The Morgan fingerprint density at radius 1 is 1.44 bits per heavy atom. The lowest BCUT2D eigenvalue weighted by molar-refractivity contribution is -0.133. The topological polar surface area (TPSA) is 64.3 Å². The molecule has 0 spiro atoms. The zero-order chi connectivity index (χ0) is 12.3. The van der Waals surface area contributed by atoms with Crippen LogP contribution in [-0.2, 0) is 9.53 Å². The van der Waals surface area contributed by atoms with Crippen LogP contribution >= 0.6 is 0 Å². The number of hydrogen-bond donors (Lipinski definition) is 2.